The summed E-state index contributed by atoms with van der Waals surface area (Å²) in [6.45, 7) is -1.54. The molecule has 2 fully saturated rings. The molecule has 0 aliphatic carbocycles. The number of nitrogens with two attached hydrogens (primary N) is 1. The van der Waals surface area contributed by atoms with Gasteiger partial charge in [0.25, 0.3) is 0 Å². The topological polar surface area (TPSA) is 96.8 Å². The molecular weight excluding hydrogens is 423 g/mol. The summed E-state index contributed by atoms with van der Waals surface area (Å²) < 4.78 is 49.1. The Kier molecular flexibility index (Phi) is 6.40. The second kappa shape index (κ2) is 9.39. The number of hydrogen-bond donors (Lipinski definition) is 2. The van der Waals surface area contributed by atoms with Crippen molar-refractivity contribution in [1.29, 1.82) is 5.41 Å². The second-order valence-electron chi connectivity index (χ2n) is 7.54. The van der Waals surface area contributed by atoms with Crippen LogP contribution in [-0.4, -0.2) is 48.9 Å². The van der Waals surface area contributed by atoms with Crippen LogP contribution >= 0.6 is 0 Å². The molecule has 32 heavy (non-hydrogen) atoms. The van der Waals surface area contributed by atoms with Gasteiger partial charge >= 0.3 is 6.61 Å². The third kappa shape index (κ3) is 5.08. The van der Waals surface area contributed by atoms with Crippen LogP contribution < -0.4 is 15.4 Å². The van der Waals surface area contributed by atoms with Gasteiger partial charge in [-0.25, -0.2) is 14.4 Å². The van der Waals surface area contributed by atoms with E-state index in [2.05, 4.69) is 19.6 Å². The fourth-order valence-corrected chi connectivity index (χ4v) is 3.85. The van der Waals surface area contributed by atoms with E-state index in [1.54, 1.807) is 6.07 Å². The number of nitrogens with zero attached hydrogens (tertiary/aromatic N) is 3. The van der Waals surface area contributed by atoms with Gasteiger partial charge in [0.2, 0.25) is 0 Å². The van der Waals surface area contributed by atoms with Crippen LogP contribution in [0.1, 0.15) is 18.4 Å². The first-order chi connectivity index (χ1) is 15.4. The van der Waals surface area contributed by atoms with Gasteiger partial charge < -0.3 is 25.5 Å². The monoisotopic (exact) mass is 445 g/mol. The predicted molar refractivity (Wildman–Crippen MR) is 115 cm³/mol. The predicted octanol–water partition coefficient (Wildman–Crippen LogP) is 3.91. The maximum atomic E-state index is 14.3. The molecule has 0 radical (unpaired) electrons. The first-order valence-corrected chi connectivity index (χ1v) is 10.1. The van der Waals surface area contributed by atoms with Crippen LogP contribution in [0, 0.1) is 11.2 Å². The van der Waals surface area contributed by atoms with Crippen LogP contribution in [0.15, 0.2) is 47.6 Å². The lowest BCUT2D eigenvalue weighted by Crippen LogP contribution is -2.43. The fourth-order valence-electron chi connectivity index (χ4n) is 3.85. The van der Waals surface area contributed by atoms with E-state index >= 15 is 0 Å². The van der Waals surface area contributed by atoms with Gasteiger partial charge in [-0.3, -0.25) is 0 Å². The van der Waals surface area contributed by atoms with E-state index < -0.39 is 12.4 Å². The Bertz CT molecular complexity index is 1030. The van der Waals surface area contributed by atoms with Crippen LogP contribution in [0.3, 0.4) is 0 Å². The summed E-state index contributed by atoms with van der Waals surface area (Å²) in [5.74, 6) is -0.0394. The van der Waals surface area contributed by atoms with Crippen molar-refractivity contribution in [2.24, 2.45) is 10.7 Å². The standard InChI is InChI=1S/C22H22F3N5O2/c23-18-10-28-21(30-11-16-5-6-17(12-30)31-16)8-19(18)29-20(27)7-14(9-26)13-1-3-15(4-2-13)32-22(24)25/h1-4,7-10,16-17,22,26H,5-6,11-12H2,(H2,27,28,29)/b14-7+,26-9?. The number of morpholine rings is 1. The maximum Gasteiger partial charge on any atom is 0.387 e. The number of fused-ring (bicyclic) bond motifs is 2. The number of rotatable bonds is 7. The molecule has 2 atom stereocenters. The molecule has 2 aliphatic rings. The average Bonchev–Trinajstić information content (AvgIpc) is 3.11. The number of ether oxygens (including phenoxy) is 2. The van der Waals surface area contributed by atoms with Crippen molar-refractivity contribution in [1.82, 2.24) is 4.98 Å². The first kappa shape index (κ1) is 21.8. The Morgan fingerprint density at radius 3 is 2.56 bits per heavy atom. The number of alkyl halides is 2. The number of hydrogen-bond acceptors (Lipinski definition) is 6. The summed E-state index contributed by atoms with van der Waals surface area (Å²) in [4.78, 5) is 10.4. The highest BCUT2D eigenvalue weighted by Gasteiger charge is 2.34. The number of allylic oxidation sites excluding steroid dienone is 1. The van der Waals surface area contributed by atoms with E-state index in [1.807, 2.05) is 0 Å². The summed E-state index contributed by atoms with van der Waals surface area (Å²) in [5, 5.41) is 7.63. The summed E-state index contributed by atoms with van der Waals surface area (Å²) in [6, 6.07) is 7.29. The van der Waals surface area contributed by atoms with Crippen molar-refractivity contribution >= 4 is 29.1 Å². The number of aliphatic imine (C=N–C) groups is 1. The SMILES string of the molecule is N=C/C(=C\C(N)=Nc1cc(N2CC3CCC(C2)O3)ncc1F)c1ccc(OC(F)F)cc1. The minimum atomic E-state index is -2.92. The number of pyridine rings is 1. The molecule has 2 aliphatic heterocycles. The van der Waals surface area contributed by atoms with Gasteiger partial charge in [-0.1, -0.05) is 12.1 Å². The van der Waals surface area contributed by atoms with Gasteiger partial charge in [-0.2, -0.15) is 8.78 Å². The Labute approximate surface area is 182 Å². The average molecular weight is 445 g/mol. The van der Waals surface area contributed by atoms with Gasteiger partial charge in [-0.05, 0) is 36.6 Å². The van der Waals surface area contributed by atoms with Crippen molar-refractivity contribution in [2.45, 2.75) is 31.7 Å². The fraction of sp³-hybridized carbons (Fsp3) is 0.318. The van der Waals surface area contributed by atoms with E-state index in [-0.39, 0.29) is 29.5 Å². The molecule has 0 amide bonds. The number of aromatic nitrogens is 1. The van der Waals surface area contributed by atoms with Gasteiger partial charge in [0.05, 0.1) is 18.4 Å². The highest BCUT2D eigenvalue weighted by Crippen LogP contribution is 2.31. The van der Waals surface area contributed by atoms with E-state index in [9.17, 15) is 13.2 Å². The van der Waals surface area contributed by atoms with Crippen LogP contribution in [0.2, 0.25) is 0 Å². The lowest BCUT2D eigenvalue weighted by Gasteiger charge is -2.33. The van der Waals surface area contributed by atoms with Crippen molar-refractivity contribution in [3.8, 4) is 5.75 Å². The summed E-state index contributed by atoms with van der Waals surface area (Å²) in [7, 11) is 0. The molecule has 7 nitrogen and oxygen atoms in total. The van der Waals surface area contributed by atoms with Crippen molar-refractivity contribution in [3.63, 3.8) is 0 Å². The second-order valence-corrected chi connectivity index (χ2v) is 7.54. The Hall–Kier alpha value is -3.40. The zero-order valence-electron chi connectivity index (χ0n) is 17.0. The Morgan fingerprint density at radius 1 is 1.25 bits per heavy atom. The lowest BCUT2D eigenvalue weighted by molar-refractivity contribution is -0.0498. The molecule has 10 heteroatoms. The molecule has 1 aromatic heterocycles. The normalized spacial score (nSPS) is 21.2. The van der Waals surface area contributed by atoms with Gasteiger partial charge in [-0.15, -0.1) is 0 Å². The number of nitrogens with one attached hydrogen (secondary N) is 1. The van der Waals surface area contributed by atoms with Crippen molar-refractivity contribution < 1.29 is 22.6 Å². The van der Waals surface area contributed by atoms with Crippen LogP contribution in [-0.2, 0) is 4.74 Å². The molecule has 4 rings (SSSR count). The smallest absolute Gasteiger partial charge is 0.387 e. The van der Waals surface area contributed by atoms with Crippen molar-refractivity contribution in [3.05, 3.63) is 54.0 Å². The molecule has 168 valence electrons. The number of anilines is 1. The third-order valence-electron chi connectivity index (χ3n) is 5.31. The molecular formula is C22H22F3N5O2. The molecule has 2 aromatic rings. The molecule has 1 aromatic carbocycles. The molecule has 0 saturated carbocycles. The molecule has 2 saturated heterocycles. The van der Waals surface area contributed by atoms with Gasteiger partial charge in [0.15, 0.2) is 5.82 Å². The van der Waals surface area contributed by atoms with E-state index in [0.29, 0.717) is 30.0 Å². The Morgan fingerprint density at radius 2 is 1.94 bits per heavy atom. The third-order valence-corrected chi connectivity index (χ3v) is 5.31. The number of halogens is 3. The molecule has 3 N–H and O–H groups in total. The number of amidine groups is 1. The highest BCUT2D eigenvalue weighted by molar-refractivity contribution is 6.16. The molecule has 3 heterocycles. The minimum absolute atomic E-state index is 0.00217. The van der Waals surface area contributed by atoms with E-state index in [4.69, 9.17) is 15.9 Å². The van der Waals surface area contributed by atoms with Crippen molar-refractivity contribution in [2.75, 3.05) is 18.0 Å². The minimum Gasteiger partial charge on any atom is -0.435 e. The molecule has 2 unspecified atom stereocenters. The van der Waals surface area contributed by atoms with Crippen LogP contribution in [0.5, 0.6) is 5.75 Å². The summed E-state index contributed by atoms with van der Waals surface area (Å²) >= 11 is 0. The Balaban J connectivity index is 1.54. The lowest BCUT2D eigenvalue weighted by atomic mass is 10.1. The van der Waals surface area contributed by atoms with E-state index in [1.165, 1.54) is 30.3 Å². The highest BCUT2D eigenvalue weighted by atomic mass is 19.3. The van der Waals surface area contributed by atoms with Gasteiger partial charge in [0.1, 0.15) is 23.1 Å². The summed E-state index contributed by atoms with van der Waals surface area (Å²) in [5.41, 5.74) is 6.94. The number of benzene rings is 1. The zero-order chi connectivity index (χ0) is 22.7. The zero-order valence-corrected chi connectivity index (χ0v) is 17.0. The molecule has 2 bridgehead atoms. The largest absolute Gasteiger partial charge is 0.435 e. The van der Waals surface area contributed by atoms with Crippen LogP contribution in [0.4, 0.5) is 24.7 Å². The maximum absolute atomic E-state index is 14.3. The van der Waals surface area contributed by atoms with E-state index in [0.717, 1.165) is 25.3 Å². The summed E-state index contributed by atoms with van der Waals surface area (Å²) in [6.07, 6.45) is 5.90. The quantitative estimate of drug-likeness (QED) is 0.498. The first-order valence-electron chi connectivity index (χ1n) is 10.1. The van der Waals surface area contributed by atoms with Gasteiger partial charge in [0, 0.05) is 30.9 Å². The van der Waals surface area contributed by atoms with Crippen LogP contribution in [0.25, 0.3) is 5.57 Å². The molecule has 0 spiro atoms.